The van der Waals surface area contributed by atoms with Crippen LogP contribution >= 0.6 is 0 Å². The zero-order chi connectivity index (χ0) is 8.13. The van der Waals surface area contributed by atoms with Crippen molar-refractivity contribution in [3.05, 3.63) is 27.9 Å². The van der Waals surface area contributed by atoms with E-state index in [0.717, 1.165) is 12.3 Å². The number of aromatic nitrogens is 2. The molecule has 1 fully saturated rings. The molecule has 1 aromatic rings. The number of aromatic amines is 1. The first kappa shape index (κ1) is 6.40. The molecule has 0 amide bonds. The third-order valence-corrected chi connectivity index (χ3v) is 3.00. The lowest BCUT2D eigenvalue weighted by molar-refractivity contribution is 0.646. The van der Waals surface area contributed by atoms with Crippen molar-refractivity contribution in [2.75, 3.05) is 0 Å². The number of hydrogen-bond acceptors (Lipinski definition) is 2. The van der Waals surface area contributed by atoms with E-state index in [1.807, 2.05) is 0 Å². The van der Waals surface area contributed by atoms with Crippen molar-refractivity contribution in [3.63, 3.8) is 0 Å². The Morgan fingerprint density at radius 2 is 2.50 bits per heavy atom. The maximum absolute atomic E-state index is 10.9. The third kappa shape index (κ3) is 0.763. The van der Waals surface area contributed by atoms with Gasteiger partial charge in [-0.15, -0.1) is 0 Å². The van der Waals surface area contributed by atoms with Gasteiger partial charge < -0.3 is 4.98 Å². The Kier molecular flexibility index (Phi) is 1.05. The Bertz CT molecular complexity index is 382. The van der Waals surface area contributed by atoms with Gasteiger partial charge in [-0.1, -0.05) is 0 Å². The molecular formula is C9H10N2O. The molecule has 1 heterocycles. The van der Waals surface area contributed by atoms with Gasteiger partial charge in [0.2, 0.25) is 0 Å². The van der Waals surface area contributed by atoms with Crippen LogP contribution in [0, 0.1) is 5.92 Å². The molecule has 0 spiro atoms. The van der Waals surface area contributed by atoms with Crippen LogP contribution in [0.15, 0.2) is 11.0 Å². The van der Waals surface area contributed by atoms with Gasteiger partial charge in [-0.3, -0.25) is 0 Å². The molecule has 3 heteroatoms. The highest BCUT2D eigenvalue weighted by molar-refractivity contribution is 5.29. The number of fused-ring (bicyclic) bond motifs is 3. The summed E-state index contributed by atoms with van der Waals surface area (Å²) in [5.41, 5.74) is 2.24. The molecule has 2 unspecified atom stereocenters. The van der Waals surface area contributed by atoms with Crippen LogP contribution in [0.2, 0.25) is 0 Å². The van der Waals surface area contributed by atoms with Gasteiger partial charge in [0, 0.05) is 17.8 Å². The van der Waals surface area contributed by atoms with Crippen molar-refractivity contribution >= 4 is 0 Å². The summed E-state index contributed by atoms with van der Waals surface area (Å²) in [7, 11) is 0. The minimum atomic E-state index is -0.193. The van der Waals surface area contributed by atoms with Crippen molar-refractivity contribution in [2.45, 2.75) is 25.2 Å². The summed E-state index contributed by atoms with van der Waals surface area (Å²) in [6.07, 6.45) is 5.39. The number of H-pyrrole nitrogens is 1. The van der Waals surface area contributed by atoms with Crippen LogP contribution < -0.4 is 5.69 Å². The van der Waals surface area contributed by atoms with Crippen molar-refractivity contribution < 1.29 is 0 Å². The van der Waals surface area contributed by atoms with E-state index in [9.17, 15) is 4.79 Å². The monoisotopic (exact) mass is 162 g/mol. The van der Waals surface area contributed by atoms with Gasteiger partial charge in [-0.2, -0.15) is 0 Å². The zero-order valence-electron chi connectivity index (χ0n) is 6.71. The van der Waals surface area contributed by atoms with Gasteiger partial charge in [0.25, 0.3) is 0 Å². The third-order valence-electron chi connectivity index (χ3n) is 3.00. The molecule has 3 rings (SSSR count). The smallest absolute Gasteiger partial charge is 0.309 e. The lowest BCUT2D eigenvalue weighted by Crippen LogP contribution is -2.16. The Balaban J connectivity index is 2.20. The van der Waals surface area contributed by atoms with E-state index in [4.69, 9.17) is 0 Å². The highest BCUT2D eigenvalue weighted by atomic mass is 16.1. The van der Waals surface area contributed by atoms with E-state index in [1.54, 1.807) is 6.20 Å². The lowest BCUT2D eigenvalue weighted by Gasteiger charge is -2.12. The topological polar surface area (TPSA) is 45.8 Å². The molecule has 0 aromatic carbocycles. The lowest BCUT2D eigenvalue weighted by atomic mass is 9.98. The molecule has 62 valence electrons. The van der Waals surface area contributed by atoms with E-state index in [-0.39, 0.29) is 5.69 Å². The molecule has 2 aliphatic rings. The average molecular weight is 162 g/mol. The molecule has 2 atom stereocenters. The van der Waals surface area contributed by atoms with Gasteiger partial charge in [-0.05, 0) is 30.7 Å². The second kappa shape index (κ2) is 1.97. The fraction of sp³-hybridized carbons (Fsp3) is 0.556. The highest BCUT2D eigenvalue weighted by Crippen LogP contribution is 2.53. The van der Waals surface area contributed by atoms with Gasteiger partial charge in [0.15, 0.2) is 0 Å². The van der Waals surface area contributed by atoms with Gasteiger partial charge in [0.1, 0.15) is 0 Å². The number of rotatable bonds is 0. The molecule has 0 radical (unpaired) electrons. The molecule has 3 nitrogen and oxygen atoms in total. The Morgan fingerprint density at radius 1 is 1.58 bits per heavy atom. The van der Waals surface area contributed by atoms with Crippen molar-refractivity contribution in [2.24, 2.45) is 5.92 Å². The van der Waals surface area contributed by atoms with Crippen LogP contribution in [0.3, 0.4) is 0 Å². The largest absolute Gasteiger partial charge is 0.345 e. The van der Waals surface area contributed by atoms with E-state index in [2.05, 4.69) is 9.97 Å². The summed E-state index contributed by atoms with van der Waals surface area (Å²) >= 11 is 0. The standard InChI is InChI=1S/C9H10N2O/c12-9-10-4-6-2-1-5-3-7(5)8(6)11-9/h4-5,7H,1-3H2,(H,10,11,12). The molecule has 0 aliphatic heterocycles. The second-order valence-electron chi connectivity index (χ2n) is 3.77. The van der Waals surface area contributed by atoms with E-state index in [1.165, 1.54) is 24.1 Å². The van der Waals surface area contributed by atoms with Gasteiger partial charge in [0.05, 0.1) is 0 Å². The molecule has 1 saturated carbocycles. The summed E-state index contributed by atoms with van der Waals surface area (Å²) in [4.78, 5) is 17.5. The number of hydrogen-bond donors (Lipinski definition) is 1. The van der Waals surface area contributed by atoms with Gasteiger partial charge in [-0.25, -0.2) is 9.78 Å². The highest BCUT2D eigenvalue weighted by Gasteiger charge is 2.42. The molecular weight excluding hydrogens is 152 g/mol. The van der Waals surface area contributed by atoms with Crippen LogP contribution in [-0.2, 0) is 6.42 Å². The molecule has 12 heavy (non-hydrogen) atoms. The van der Waals surface area contributed by atoms with Crippen LogP contribution in [0.4, 0.5) is 0 Å². The van der Waals surface area contributed by atoms with E-state index >= 15 is 0 Å². The van der Waals surface area contributed by atoms with Crippen molar-refractivity contribution in [1.29, 1.82) is 0 Å². The van der Waals surface area contributed by atoms with Crippen LogP contribution in [0.25, 0.3) is 0 Å². The first-order valence-corrected chi connectivity index (χ1v) is 4.42. The molecule has 1 N–H and O–H groups in total. The predicted octanol–water partition coefficient (Wildman–Crippen LogP) is 0.820. The minimum Gasteiger partial charge on any atom is -0.309 e. The first-order valence-electron chi connectivity index (χ1n) is 4.42. The number of nitrogens with one attached hydrogen (secondary N) is 1. The maximum Gasteiger partial charge on any atom is 0.345 e. The fourth-order valence-corrected chi connectivity index (χ4v) is 2.22. The molecule has 1 aromatic heterocycles. The maximum atomic E-state index is 10.9. The average Bonchev–Trinajstić information content (AvgIpc) is 2.82. The normalized spacial score (nSPS) is 30.7. The van der Waals surface area contributed by atoms with Crippen molar-refractivity contribution in [3.8, 4) is 0 Å². The summed E-state index contributed by atoms with van der Waals surface area (Å²) in [5, 5.41) is 0. The van der Waals surface area contributed by atoms with Crippen LogP contribution in [0.1, 0.15) is 30.0 Å². The van der Waals surface area contributed by atoms with Crippen LogP contribution in [-0.4, -0.2) is 9.97 Å². The summed E-state index contributed by atoms with van der Waals surface area (Å²) < 4.78 is 0. The SMILES string of the molecule is O=c1ncc2c([nH]1)C1CC1CC2. The quantitative estimate of drug-likeness (QED) is 0.613. The number of nitrogens with zero attached hydrogens (tertiary/aromatic N) is 1. The summed E-state index contributed by atoms with van der Waals surface area (Å²) in [5.74, 6) is 1.51. The van der Waals surface area contributed by atoms with Crippen molar-refractivity contribution in [1.82, 2.24) is 9.97 Å². The molecule has 2 aliphatic carbocycles. The first-order chi connectivity index (χ1) is 5.84. The summed E-state index contributed by atoms with van der Waals surface area (Å²) in [6.45, 7) is 0. The fourth-order valence-electron chi connectivity index (χ4n) is 2.22. The van der Waals surface area contributed by atoms with Crippen LogP contribution in [0.5, 0.6) is 0 Å². The predicted molar refractivity (Wildman–Crippen MR) is 44.0 cm³/mol. The van der Waals surface area contributed by atoms with E-state index < -0.39 is 0 Å². The number of aryl methyl sites for hydroxylation is 1. The Hall–Kier alpha value is -1.12. The van der Waals surface area contributed by atoms with E-state index in [0.29, 0.717) is 5.92 Å². The second-order valence-corrected chi connectivity index (χ2v) is 3.77. The Morgan fingerprint density at radius 3 is 3.42 bits per heavy atom. The summed E-state index contributed by atoms with van der Waals surface area (Å²) in [6, 6.07) is 0. The van der Waals surface area contributed by atoms with Gasteiger partial charge >= 0.3 is 5.69 Å². The zero-order valence-corrected chi connectivity index (χ0v) is 6.71. The Labute approximate surface area is 69.8 Å². The molecule has 0 saturated heterocycles. The minimum absolute atomic E-state index is 0.193. The molecule has 0 bridgehead atoms.